The fourth-order valence-electron chi connectivity index (χ4n) is 3.78. The van der Waals surface area contributed by atoms with Gasteiger partial charge < -0.3 is 28.9 Å². The fraction of sp³-hybridized carbons (Fsp3) is 0.739. The molecule has 0 spiro atoms. The summed E-state index contributed by atoms with van der Waals surface area (Å²) in [4.78, 5) is 48.7. The first-order chi connectivity index (χ1) is 18.8. The number of esters is 2. The maximum atomic E-state index is 14.4. The van der Waals surface area contributed by atoms with Crippen molar-refractivity contribution < 1.29 is 65.9 Å². The Labute approximate surface area is 234 Å². The highest BCUT2D eigenvalue weighted by Gasteiger charge is 2.62. The third-order valence-corrected chi connectivity index (χ3v) is 7.78. The smallest absolute Gasteiger partial charge is 0.342 e. The van der Waals surface area contributed by atoms with E-state index in [9.17, 15) is 47.1 Å². The number of aliphatic hydroxyl groups excluding tert-OH is 2. The Balaban J connectivity index is 2.37. The Morgan fingerprint density at radius 1 is 1.07 bits per heavy atom. The quantitative estimate of drug-likeness (QED) is 0.128. The molecular weight excluding hydrogens is 582 g/mol. The van der Waals surface area contributed by atoms with Gasteiger partial charge in [0.2, 0.25) is 11.7 Å². The third-order valence-electron chi connectivity index (χ3n) is 5.83. The van der Waals surface area contributed by atoms with Crippen LogP contribution in [0.1, 0.15) is 48.0 Å². The topological polar surface area (TPSA) is 190 Å². The summed E-state index contributed by atoms with van der Waals surface area (Å²) in [5.41, 5.74) is -3.15. The lowest BCUT2D eigenvalue weighted by Gasteiger charge is -2.34. The van der Waals surface area contributed by atoms with Gasteiger partial charge >= 0.3 is 19.6 Å². The molecule has 0 aliphatic carbocycles. The second-order valence-corrected chi connectivity index (χ2v) is 12.0. The second-order valence-electron chi connectivity index (χ2n) is 10.1. The number of rotatable bonds is 13. The lowest BCUT2D eigenvalue weighted by Crippen LogP contribution is -2.53. The highest BCUT2D eigenvalue weighted by Crippen LogP contribution is 2.45. The lowest BCUT2D eigenvalue weighted by molar-refractivity contribution is -0.199. The van der Waals surface area contributed by atoms with Crippen molar-refractivity contribution in [2.24, 2.45) is 0 Å². The highest BCUT2D eigenvalue weighted by molar-refractivity contribution is 7.54. The zero-order chi connectivity index (χ0) is 31.4. The fourth-order valence-corrected chi connectivity index (χ4v) is 5.61. The van der Waals surface area contributed by atoms with Gasteiger partial charge in [-0.15, -0.1) is 0 Å². The molecule has 0 aromatic carbocycles. The molecule has 1 amide bonds. The van der Waals surface area contributed by atoms with Crippen molar-refractivity contribution in [2.75, 3.05) is 6.61 Å². The predicted molar refractivity (Wildman–Crippen MR) is 132 cm³/mol. The van der Waals surface area contributed by atoms with Gasteiger partial charge in [-0.25, -0.2) is 23.3 Å². The molecule has 234 valence electrons. The van der Waals surface area contributed by atoms with Gasteiger partial charge in [0.25, 0.3) is 6.43 Å². The van der Waals surface area contributed by atoms with E-state index in [1.807, 2.05) is 0 Å². The molecule has 18 heteroatoms. The van der Waals surface area contributed by atoms with Crippen LogP contribution in [-0.4, -0.2) is 100 Å². The first-order valence-corrected chi connectivity index (χ1v) is 14.2. The van der Waals surface area contributed by atoms with E-state index in [4.69, 9.17) is 18.7 Å². The number of amides is 1. The minimum Gasteiger partial charge on any atom is -0.462 e. The molecule has 2 aliphatic heterocycles. The molecule has 41 heavy (non-hydrogen) atoms. The zero-order valence-corrected chi connectivity index (χ0v) is 24.1. The minimum atomic E-state index is -4.69. The van der Waals surface area contributed by atoms with Crippen molar-refractivity contribution in [1.29, 1.82) is 0 Å². The second kappa shape index (κ2) is 13.7. The molecule has 6 atom stereocenters. The number of hydrogen-bond acceptors (Lipinski definition) is 11. The summed E-state index contributed by atoms with van der Waals surface area (Å²) in [6, 6.07) is -2.76. The van der Waals surface area contributed by atoms with E-state index in [2.05, 4.69) is 10.2 Å². The van der Waals surface area contributed by atoms with E-state index >= 15 is 0 Å². The Kier molecular flexibility index (Phi) is 11.6. The van der Waals surface area contributed by atoms with Crippen LogP contribution in [-0.2, 0) is 42.5 Å². The molecule has 2 aliphatic rings. The molecule has 14 nitrogen and oxygen atoms in total. The van der Waals surface area contributed by atoms with Gasteiger partial charge in [0.15, 0.2) is 17.7 Å². The van der Waals surface area contributed by atoms with Crippen molar-refractivity contribution in [1.82, 2.24) is 15.1 Å². The van der Waals surface area contributed by atoms with Gasteiger partial charge in [-0.2, -0.15) is 0 Å². The molecule has 0 aromatic heterocycles. The maximum absolute atomic E-state index is 14.4. The summed E-state index contributed by atoms with van der Waals surface area (Å²) in [5, 5.41) is 25.6. The largest absolute Gasteiger partial charge is 0.462 e. The number of aliphatic hydroxyl groups is 2. The summed E-state index contributed by atoms with van der Waals surface area (Å²) in [5.74, 6) is -5.53. The normalized spacial score (nSPS) is 26.9. The molecule has 0 radical (unpaired) electrons. The average Bonchev–Trinajstić information content (AvgIpc) is 3.10. The zero-order valence-electron chi connectivity index (χ0n) is 23.2. The molecule has 0 unspecified atom stereocenters. The Morgan fingerprint density at radius 2 is 1.56 bits per heavy atom. The standard InChI is InChI=1S/C23H35F3N3O11P/c1-10(2)38-20(34)12(5)27-41(36,28-13(6)21(35)39-11(3)4)37-9-23(22(25)26)18(33)17(32)19(40-23)29-8-14(24)15(30)7-16(29)31/h8,10-13,17-19,22,32-33H,7,9H2,1-6H3,(H2,27,28,36)/t12-,13-,17+,18+,19+,23+/m0/s1. The molecule has 0 aromatic rings. The number of Topliss-reactive ketones (excluding diaryl/α,β-unsaturated/α-hetero) is 1. The van der Waals surface area contributed by atoms with Gasteiger partial charge in [0, 0.05) is 6.20 Å². The van der Waals surface area contributed by atoms with E-state index in [0.29, 0.717) is 11.1 Å². The summed E-state index contributed by atoms with van der Waals surface area (Å²) in [6.45, 7) is 7.15. The number of nitrogens with one attached hydrogen (secondary N) is 2. The SMILES string of the molecule is CC(C)OC(=O)[C@H](C)NP(=O)(N[C@@H](C)C(=O)OC(C)C)OC[C@@]1(C(F)F)O[C@@H](N2C=C(F)C(=O)CC2=O)[C@H](O)[C@H]1O. The number of carbonyl (C=O) groups is 4. The van der Waals surface area contributed by atoms with Crippen molar-refractivity contribution >= 4 is 31.3 Å². The molecule has 4 N–H and O–H groups in total. The van der Waals surface area contributed by atoms with E-state index < -0.39 is 105 Å². The minimum absolute atomic E-state index is 0.342. The van der Waals surface area contributed by atoms with Gasteiger partial charge in [0.05, 0.1) is 25.2 Å². The van der Waals surface area contributed by atoms with Crippen molar-refractivity contribution in [3.05, 3.63) is 12.0 Å². The number of hydrogen-bond donors (Lipinski definition) is 4. The summed E-state index contributed by atoms with van der Waals surface area (Å²) in [7, 11) is -4.69. The number of carbonyl (C=O) groups excluding carboxylic acids is 4. The monoisotopic (exact) mass is 617 g/mol. The summed E-state index contributed by atoms with van der Waals surface area (Å²) >= 11 is 0. The molecule has 2 heterocycles. The van der Waals surface area contributed by atoms with Crippen LogP contribution >= 0.6 is 7.67 Å². The van der Waals surface area contributed by atoms with E-state index in [0.717, 1.165) is 0 Å². The number of nitrogens with zero attached hydrogens (tertiary/aromatic N) is 1. The molecule has 2 rings (SSSR count). The van der Waals surface area contributed by atoms with Crippen LogP contribution in [0, 0.1) is 0 Å². The molecule has 1 saturated heterocycles. The number of alkyl halides is 2. The van der Waals surface area contributed by atoms with Crippen LogP contribution in [0.3, 0.4) is 0 Å². The van der Waals surface area contributed by atoms with E-state index in [-0.39, 0.29) is 0 Å². The molecule has 1 fully saturated rings. The van der Waals surface area contributed by atoms with Crippen LogP contribution < -0.4 is 10.2 Å². The number of ether oxygens (including phenoxy) is 3. The summed E-state index contributed by atoms with van der Waals surface area (Å²) in [6.07, 6.45) is -12.3. The van der Waals surface area contributed by atoms with Crippen LogP contribution in [0.25, 0.3) is 0 Å². The van der Waals surface area contributed by atoms with Crippen LogP contribution in [0.2, 0.25) is 0 Å². The number of ketones is 1. The molecule has 0 saturated carbocycles. The molecular formula is C23H35F3N3O11P. The average molecular weight is 618 g/mol. The van der Waals surface area contributed by atoms with Crippen molar-refractivity contribution in [2.45, 2.75) is 103 Å². The maximum Gasteiger partial charge on any atom is 0.342 e. The first kappa shape index (κ1) is 34.8. The highest BCUT2D eigenvalue weighted by atomic mass is 31.2. The lowest BCUT2D eigenvalue weighted by atomic mass is 9.96. The van der Waals surface area contributed by atoms with Crippen LogP contribution in [0.5, 0.6) is 0 Å². The summed E-state index contributed by atoms with van der Waals surface area (Å²) < 4.78 is 77.0. The number of allylic oxidation sites excluding steroid dienone is 1. The Morgan fingerprint density at radius 3 is 2.00 bits per heavy atom. The third kappa shape index (κ3) is 8.34. The van der Waals surface area contributed by atoms with Crippen molar-refractivity contribution in [3.8, 4) is 0 Å². The Bertz CT molecular complexity index is 1060. The van der Waals surface area contributed by atoms with Gasteiger partial charge in [-0.3, -0.25) is 28.6 Å². The van der Waals surface area contributed by atoms with E-state index in [1.54, 1.807) is 27.7 Å². The Hall–Kier alpha value is -2.40. The van der Waals surface area contributed by atoms with Gasteiger partial charge in [-0.05, 0) is 41.5 Å². The van der Waals surface area contributed by atoms with Crippen LogP contribution in [0.4, 0.5) is 13.2 Å². The van der Waals surface area contributed by atoms with Crippen LogP contribution in [0.15, 0.2) is 12.0 Å². The van der Waals surface area contributed by atoms with Crippen molar-refractivity contribution in [3.63, 3.8) is 0 Å². The van der Waals surface area contributed by atoms with Gasteiger partial charge in [0.1, 0.15) is 24.3 Å². The van der Waals surface area contributed by atoms with Gasteiger partial charge in [-0.1, -0.05) is 0 Å². The molecule has 0 bridgehead atoms. The predicted octanol–water partition coefficient (Wildman–Crippen LogP) is 0.665. The first-order valence-electron chi connectivity index (χ1n) is 12.6. The number of halogens is 3. The van der Waals surface area contributed by atoms with E-state index in [1.165, 1.54) is 13.8 Å².